The van der Waals surface area contributed by atoms with Crippen molar-refractivity contribution in [2.45, 2.75) is 19.8 Å². The van der Waals surface area contributed by atoms with Crippen molar-refractivity contribution in [2.75, 3.05) is 24.2 Å². The van der Waals surface area contributed by atoms with Gasteiger partial charge in [0.1, 0.15) is 0 Å². The van der Waals surface area contributed by atoms with E-state index < -0.39 is 0 Å². The van der Waals surface area contributed by atoms with Gasteiger partial charge in [-0.2, -0.15) is 0 Å². The lowest BCUT2D eigenvalue weighted by Crippen LogP contribution is -2.20. The number of nitrogen functional groups attached to an aromatic ring is 1. The Hall–Kier alpha value is -1.96. The van der Waals surface area contributed by atoms with E-state index in [1.165, 1.54) is 16.8 Å². The van der Waals surface area contributed by atoms with Crippen molar-refractivity contribution in [1.29, 1.82) is 0 Å². The van der Waals surface area contributed by atoms with Gasteiger partial charge in [0.15, 0.2) is 0 Å². The minimum atomic E-state index is 0.829. The Morgan fingerprint density at radius 3 is 2.53 bits per heavy atom. The molecule has 19 heavy (non-hydrogen) atoms. The predicted molar refractivity (Wildman–Crippen MR) is 83.6 cm³/mol. The number of anilines is 2. The minimum Gasteiger partial charge on any atom is -0.399 e. The summed E-state index contributed by atoms with van der Waals surface area (Å²) in [5.74, 6) is 0. The molecule has 100 valence electrons. The molecule has 2 aromatic carbocycles. The molecule has 0 radical (unpaired) electrons. The molecule has 0 aliphatic rings. The average Bonchev–Trinajstić information content (AvgIpc) is 2.42. The lowest BCUT2D eigenvalue weighted by molar-refractivity contribution is 0.784. The van der Waals surface area contributed by atoms with Crippen LogP contribution in [-0.2, 0) is 6.42 Å². The van der Waals surface area contributed by atoms with Gasteiger partial charge in [-0.1, -0.05) is 36.4 Å². The SMILES string of the molecule is Cc1ccc(N)cc1N(C)CCCc1ccccc1. The third kappa shape index (κ3) is 3.75. The standard InChI is InChI=1S/C17H22N2/c1-14-10-11-16(18)13-17(14)19(2)12-6-9-15-7-4-3-5-8-15/h3-5,7-8,10-11,13H,6,9,12,18H2,1-2H3. The summed E-state index contributed by atoms with van der Waals surface area (Å²) in [4.78, 5) is 2.29. The maximum absolute atomic E-state index is 5.86. The molecule has 0 saturated carbocycles. The van der Waals surface area contributed by atoms with Crippen LogP contribution in [0.2, 0.25) is 0 Å². The highest BCUT2D eigenvalue weighted by atomic mass is 15.1. The van der Waals surface area contributed by atoms with Crippen LogP contribution in [0.4, 0.5) is 11.4 Å². The van der Waals surface area contributed by atoms with Crippen LogP contribution in [0.1, 0.15) is 17.5 Å². The van der Waals surface area contributed by atoms with Crippen molar-refractivity contribution in [3.63, 3.8) is 0 Å². The molecule has 0 amide bonds. The largest absolute Gasteiger partial charge is 0.399 e. The Balaban J connectivity index is 1.91. The molecular formula is C17H22N2. The summed E-state index contributed by atoms with van der Waals surface area (Å²) >= 11 is 0. The van der Waals surface area contributed by atoms with E-state index in [0.29, 0.717) is 0 Å². The van der Waals surface area contributed by atoms with Gasteiger partial charge in [0.05, 0.1) is 0 Å². The molecule has 0 atom stereocenters. The van der Waals surface area contributed by atoms with Gasteiger partial charge in [-0.3, -0.25) is 0 Å². The second-order valence-corrected chi connectivity index (χ2v) is 5.06. The van der Waals surface area contributed by atoms with Crippen LogP contribution in [0.3, 0.4) is 0 Å². The van der Waals surface area contributed by atoms with Gasteiger partial charge in [0.25, 0.3) is 0 Å². The Bertz CT molecular complexity index is 520. The maximum atomic E-state index is 5.86. The van der Waals surface area contributed by atoms with Crippen LogP contribution in [0.25, 0.3) is 0 Å². The third-order valence-corrected chi connectivity index (χ3v) is 3.45. The smallest absolute Gasteiger partial charge is 0.0413 e. The van der Waals surface area contributed by atoms with Crippen LogP contribution in [0.15, 0.2) is 48.5 Å². The first-order valence-corrected chi connectivity index (χ1v) is 6.78. The lowest BCUT2D eigenvalue weighted by atomic mass is 10.1. The minimum absolute atomic E-state index is 0.829. The molecule has 2 heteroatoms. The van der Waals surface area contributed by atoms with E-state index in [1.54, 1.807) is 0 Å². The summed E-state index contributed by atoms with van der Waals surface area (Å²) in [5, 5.41) is 0. The van der Waals surface area contributed by atoms with E-state index in [2.05, 4.69) is 61.3 Å². The molecule has 2 N–H and O–H groups in total. The Morgan fingerprint density at radius 1 is 1.05 bits per heavy atom. The van der Waals surface area contributed by atoms with Crippen LogP contribution in [-0.4, -0.2) is 13.6 Å². The second-order valence-electron chi connectivity index (χ2n) is 5.06. The molecule has 0 spiro atoms. The molecule has 0 aromatic heterocycles. The number of nitrogens with zero attached hydrogens (tertiary/aromatic N) is 1. The molecule has 0 fully saturated rings. The van der Waals surface area contributed by atoms with Gasteiger partial charge >= 0.3 is 0 Å². The highest BCUT2D eigenvalue weighted by molar-refractivity contribution is 5.60. The normalized spacial score (nSPS) is 10.4. The van der Waals surface area contributed by atoms with E-state index in [-0.39, 0.29) is 0 Å². The van der Waals surface area contributed by atoms with Gasteiger partial charge in [-0.15, -0.1) is 0 Å². The van der Waals surface area contributed by atoms with Crippen molar-refractivity contribution in [3.8, 4) is 0 Å². The first-order chi connectivity index (χ1) is 9.16. The molecule has 0 saturated heterocycles. The topological polar surface area (TPSA) is 29.3 Å². The number of rotatable bonds is 5. The fraction of sp³-hybridized carbons (Fsp3) is 0.294. The summed E-state index contributed by atoms with van der Waals surface area (Å²) in [7, 11) is 2.13. The van der Waals surface area contributed by atoms with Crippen molar-refractivity contribution < 1.29 is 0 Å². The summed E-state index contributed by atoms with van der Waals surface area (Å²) in [6.45, 7) is 3.17. The zero-order valence-electron chi connectivity index (χ0n) is 11.8. The van der Waals surface area contributed by atoms with Crippen molar-refractivity contribution in [2.24, 2.45) is 0 Å². The van der Waals surface area contributed by atoms with Crippen molar-refractivity contribution in [1.82, 2.24) is 0 Å². The number of benzene rings is 2. The molecule has 2 aromatic rings. The van der Waals surface area contributed by atoms with Crippen LogP contribution in [0.5, 0.6) is 0 Å². The summed E-state index contributed by atoms with van der Waals surface area (Å²) in [5.41, 5.74) is 10.6. The van der Waals surface area contributed by atoms with E-state index in [1.807, 2.05) is 6.07 Å². The quantitative estimate of drug-likeness (QED) is 0.825. The van der Waals surface area contributed by atoms with Gasteiger partial charge in [0.2, 0.25) is 0 Å². The first-order valence-electron chi connectivity index (χ1n) is 6.78. The molecule has 2 nitrogen and oxygen atoms in total. The summed E-state index contributed by atoms with van der Waals surface area (Å²) in [6.07, 6.45) is 2.27. The van der Waals surface area contributed by atoms with Crippen LogP contribution < -0.4 is 10.6 Å². The van der Waals surface area contributed by atoms with Crippen LogP contribution >= 0.6 is 0 Å². The summed E-state index contributed by atoms with van der Waals surface area (Å²) in [6, 6.07) is 16.7. The molecule has 2 rings (SSSR count). The van der Waals surface area contributed by atoms with Crippen molar-refractivity contribution in [3.05, 3.63) is 59.7 Å². The third-order valence-electron chi connectivity index (χ3n) is 3.45. The Kier molecular flexibility index (Phi) is 4.45. The molecule has 0 bridgehead atoms. The predicted octanol–water partition coefficient (Wildman–Crippen LogP) is 3.65. The average molecular weight is 254 g/mol. The summed E-state index contributed by atoms with van der Waals surface area (Å²) < 4.78 is 0. The van der Waals surface area contributed by atoms with E-state index in [9.17, 15) is 0 Å². The second kappa shape index (κ2) is 6.28. The van der Waals surface area contributed by atoms with Crippen molar-refractivity contribution >= 4 is 11.4 Å². The first kappa shape index (κ1) is 13.5. The molecule has 0 aliphatic heterocycles. The number of hydrogen-bond donors (Lipinski definition) is 1. The highest BCUT2D eigenvalue weighted by Gasteiger charge is 2.05. The van der Waals surface area contributed by atoms with Gasteiger partial charge < -0.3 is 10.6 Å². The van der Waals surface area contributed by atoms with E-state index >= 15 is 0 Å². The highest BCUT2D eigenvalue weighted by Crippen LogP contribution is 2.22. The number of aryl methyl sites for hydroxylation is 2. The zero-order valence-corrected chi connectivity index (χ0v) is 11.8. The molecular weight excluding hydrogens is 232 g/mol. The molecule has 0 unspecified atom stereocenters. The van der Waals surface area contributed by atoms with Crippen LogP contribution in [0, 0.1) is 6.92 Å². The Morgan fingerprint density at radius 2 is 1.79 bits per heavy atom. The maximum Gasteiger partial charge on any atom is 0.0413 e. The number of nitrogens with two attached hydrogens (primary N) is 1. The lowest BCUT2D eigenvalue weighted by Gasteiger charge is -2.21. The molecule has 0 heterocycles. The fourth-order valence-electron chi connectivity index (χ4n) is 2.32. The number of hydrogen-bond acceptors (Lipinski definition) is 2. The molecule has 0 aliphatic carbocycles. The van der Waals surface area contributed by atoms with E-state index in [4.69, 9.17) is 5.73 Å². The zero-order chi connectivity index (χ0) is 13.7. The monoisotopic (exact) mass is 254 g/mol. The fourth-order valence-corrected chi connectivity index (χ4v) is 2.32. The van der Waals surface area contributed by atoms with Gasteiger partial charge in [0, 0.05) is 25.0 Å². The Labute approximate surface area is 115 Å². The van der Waals surface area contributed by atoms with Gasteiger partial charge in [-0.25, -0.2) is 0 Å². The van der Waals surface area contributed by atoms with Gasteiger partial charge in [-0.05, 0) is 43.0 Å². The van der Waals surface area contributed by atoms with E-state index in [0.717, 1.165) is 25.1 Å².